The van der Waals surface area contributed by atoms with Crippen LogP contribution in [0.15, 0.2) is 50.1 Å². The molecular weight excluding hydrogens is 360 g/mol. The summed E-state index contributed by atoms with van der Waals surface area (Å²) in [4.78, 5) is 2.79. The van der Waals surface area contributed by atoms with Gasteiger partial charge < -0.3 is 5.32 Å². The van der Waals surface area contributed by atoms with Gasteiger partial charge in [0.05, 0.1) is 0 Å². The van der Waals surface area contributed by atoms with E-state index in [0.29, 0.717) is 5.41 Å². The van der Waals surface area contributed by atoms with E-state index in [2.05, 4.69) is 88.2 Å². The van der Waals surface area contributed by atoms with Crippen LogP contribution in [-0.4, -0.2) is 43.4 Å². The summed E-state index contributed by atoms with van der Waals surface area (Å²) in [6, 6.07) is 0.800. The zero-order valence-corrected chi connectivity index (χ0v) is 20.2. The van der Waals surface area contributed by atoms with Gasteiger partial charge in [-0.05, 0) is 76.3 Å². The van der Waals surface area contributed by atoms with Crippen LogP contribution in [0, 0.1) is 5.41 Å². The van der Waals surface area contributed by atoms with E-state index in [1.807, 2.05) is 0 Å². The number of allylic oxidation sites excluding steroid dienone is 3. The Bertz CT molecular complexity index is 401. The van der Waals surface area contributed by atoms with Gasteiger partial charge in [-0.25, -0.2) is 0 Å². The molecule has 0 aromatic carbocycles. The average Bonchev–Trinajstić information content (AvgIpc) is 2.75. The molecule has 28 heavy (non-hydrogen) atoms. The second-order valence-corrected chi connectivity index (χ2v) is 8.19. The summed E-state index contributed by atoms with van der Waals surface area (Å²) in [6.45, 7) is 24.0. The van der Waals surface area contributed by atoms with Crippen molar-refractivity contribution < 1.29 is 0 Å². The van der Waals surface area contributed by atoms with E-state index in [9.17, 15) is 0 Å². The van der Waals surface area contributed by atoms with Crippen molar-refractivity contribution in [3.05, 3.63) is 50.1 Å². The molecule has 0 aromatic rings. The molecule has 1 aliphatic carbocycles. The molecule has 2 aliphatic rings. The molecular formula is C25H48N2S. The fraction of sp³-hybridized carbons (Fsp3) is 0.680. The Morgan fingerprint density at radius 1 is 1.04 bits per heavy atom. The van der Waals surface area contributed by atoms with E-state index in [1.165, 1.54) is 71.1 Å². The highest BCUT2D eigenvalue weighted by molar-refractivity contribution is 7.79. The molecule has 0 unspecified atom stereocenters. The zero-order valence-electron chi connectivity index (χ0n) is 19.3. The van der Waals surface area contributed by atoms with Crippen molar-refractivity contribution in [3.8, 4) is 0 Å². The van der Waals surface area contributed by atoms with Crippen molar-refractivity contribution in [2.24, 2.45) is 5.41 Å². The Morgan fingerprint density at radius 3 is 2.14 bits per heavy atom. The molecule has 2 rings (SSSR count). The van der Waals surface area contributed by atoms with Crippen LogP contribution in [0.3, 0.4) is 0 Å². The predicted molar refractivity (Wildman–Crippen MR) is 135 cm³/mol. The summed E-state index contributed by atoms with van der Waals surface area (Å²) in [7, 11) is 0. The standard InChI is InChI=1S/C20H36N2.2C2H4.CH4S/c1-20(2,3)13-7-16-22(19-10-14-21-15-11-19)17-12-18-8-5-4-6-9-18;3*1-2/h5,8-9,19,21H,4,6-7,10-17H2,1-3H3;2*1-2H2;2H,1H3. The van der Waals surface area contributed by atoms with E-state index in [4.69, 9.17) is 0 Å². The number of rotatable bonds is 7. The van der Waals surface area contributed by atoms with Gasteiger partial charge in [-0.3, -0.25) is 4.90 Å². The summed E-state index contributed by atoms with van der Waals surface area (Å²) in [5.74, 6) is 0. The first-order chi connectivity index (χ1) is 13.5. The molecule has 0 amide bonds. The topological polar surface area (TPSA) is 15.3 Å². The van der Waals surface area contributed by atoms with Crippen LogP contribution in [0.2, 0.25) is 0 Å². The number of nitrogens with one attached hydrogen (secondary N) is 1. The normalized spacial score (nSPS) is 16.6. The first-order valence-electron chi connectivity index (χ1n) is 10.8. The smallest absolute Gasteiger partial charge is 0.0119 e. The van der Waals surface area contributed by atoms with Crippen LogP contribution in [0.1, 0.15) is 65.7 Å². The van der Waals surface area contributed by atoms with Crippen LogP contribution in [0.5, 0.6) is 0 Å². The third-order valence-electron chi connectivity index (χ3n) is 4.96. The first kappa shape index (κ1) is 29.4. The van der Waals surface area contributed by atoms with E-state index in [1.54, 1.807) is 11.8 Å². The molecule has 1 heterocycles. The van der Waals surface area contributed by atoms with Crippen LogP contribution >= 0.6 is 12.6 Å². The molecule has 3 heteroatoms. The maximum Gasteiger partial charge on any atom is 0.0119 e. The number of nitrogens with zero attached hydrogens (tertiary/aromatic N) is 1. The molecule has 0 radical (unpaired) electrons. The second kappa shape index (κ2) is 19.5. The van der Waals surface area contributed by atoms with Crippen molar-refractivity contribution in [2.45, 2.75) is 71.8 Å². The van der Waals surface area contributed by atoms with Crippen LogP contribution in [0.4, 0.5) is 0 Å². The van der Waals surface area contributed by atoms with Gasteiger partial charge in [-0.1, -0.05) is 44.6 Å². The van der Waals surface area contributed by atoms with Crippen LogP contribution in [-0.2, 0) is 0 Å². The number of hydrogen-bond donors (Lipinski definition) is 2. The highest BCUT2D eigenvalue weighted by atomic mass is 32.1. The molecule has 1 N–H and O–H groups in total. The Kier molecular flexibility index (Phi) is 20.5. The lowest BCUT2D eigenvalue weighted by Crippen LogP contribution is -2.44. The third kappa shape index (κ3) is 15.2. The number of thiol groups is 1. The van der Waals surface area contributed by atoms with E-state index >= 15 is 0 Å². The molecule has 1 saturated heterocycles. The molecule has 0 aromatic heterocycles. The summed E-state index contributed by atoms with van der Waals surface area (Å²) in [6.07, 6.45) is 17.8. The minimum Gasteiger partial charge on any atom is -0.317 e. The van der Waals surface area contributed by atoms with Gasteiger partial charge >= 0.3 is 0 Å². The predicted octanol–water partition coefficient (Wildman–Crippen LogP) is 6.68. The lowest BCUT2D eigenvalue weighted by atomic mass is 9.90. The van der Waals surface area contributed by atoms with Crippen molar-refractivity contribution >= 4 is 12.6 Å². The summed E-state index contributed by atoms with van der Waals surface area (Å²) >= 11 is 3.53. The largest absolute Gasteiger partial charge is 0.317 e. The Morgan fingerprint density at radius 2 is 1.64 bits per heavy atom. The van der Waals surface area contributed by atoms with Gasteiger partial charge in [0.25, 0.3) is 0 Å². The van der Waals surface area contributed by atoms with Crippen molar-refractivity contribution in [1.29, 1.82) is 0 Å². The maximum absolute atomic E-state index is 3.53. The van der Waals surface area contributed by atoms with Crippen LogP contribution < -0.4 is 5.32 Å². The van der Waals surface area contributed by atoms with Crippen molar-refractivity contribution in [1.82, 2.24) is 10.2 Å². The summed E-state index contributed by atoms with van der Waals surface area (Å²) < 4.78 is 0. The molecule has 1 fully saturated rings. The maximum atomic E-state index is 3.53. The minimum atomic E-state index is 0.467. The Hall–Kier alpha value is -0.770. The lowest BCUT2D eigenvalue weighted by Gasteiger charge is -2.35. The van der Waals surface area contributed by atoms with Gasteiger partial charge in [0, 0.05) is 12.6 Å². The third-order valence-corrected chi connectivity index (χ3v) is 4.96. The fourth-order valence-corrected chi connectivity index (χ4v) is 3.59. The first-order valence-corrected chi connectivity index (χ1v) is 11.7. The van der Waals surface area contributed by atoms with Gasteiger partial charge in [0.1, 0.15) is 0 Å². The number of piperidine rings is 1. The Labute approximate surface area is 182 Å². The zero-order chi connectivity index (χ0) is 21.8. The fourth-order valence-electron chi connectivity index (χ4n) is 3.59. The molecule has 1 aliphatic heterocycles. The van der Waals surface area contributed by atoms with Gasteiger partial charge in [0.15, 0.2) is 0 Å². The van der Waals surface area contributed by atoms with Crippen LogP contribution in [0.25, 0.3) is 0 Å². The minimum absolute atomic E-state index is 0.467. The van der Waals surface area contributed by atoms with E-state index in [-0.39, 0.29) is 0 Å². The van der Waals surface area contributed by atoms with Crippen molar-refractivity contribution in [2.75, 3.05) is 32.4 Å². The summed E-state index contributed by atoms with van der Waals surface area (Å²) in [5, 5.41) is 3.51. The van der Waals surface area contributed by atoms with E-state index in [0.717, 1.165) is 6.04 Å². The highest BCUT2D eigenvalue weighted by Gasteiger charge is 2.21. The van der Waals surface area contributed by atoms with E-state index < -0.39 is 0 Å². The number of hydrogen-bond acceptors (Lipinski definition) is 3. The summed E-state index contributed by atoms with van der Waals surface area (Å²) in [5.41, 5.74) is 2.02. The molecule has 0 bridgehead atoms. The highest BCUT2D eigenvalue weighted by Crippen LogP contribution is 2.23. The SMILES string of the molecule is C=C.C=C.CC(C)(C)CCCN(CCC1=CCCC=C1)C1CCNCC1.CS. The lowest BCUT2D eigenvalue weighted by molar-refractivity contribution is 0.155. The monoisotopic (exact) mass is 408 g/mol. The second-order valence-electron chi connectivity index (χ2n) is 8.19. The molecule has 2 nitrogen and oxygen atoms in total. The van der Waals surface area contributed by atoms with Gasteiger partial charge in [-0.2, -0.15) is 12.6 Å². The molecule has 164 valence electrons. The molecule has 0 spiro atoms. The molecule has 0 atom stereocenters. The van der Waals surface area contributed by atoms with Crippen molar-refractivity contribution in [3.63, 3.8) is 0 Å². The Balaban J connectivity index is 0. The van der Waals surface area contributed by atoms with Gasteiger partial charge in [-0.15, -0.1) is 26.3 Å². The van der Waals surface area contributed by atoms with Gasteiger partial charge in [0.2, 0.25) is 0 Å². The quantitative estimate of drug-likeness (QED) is 0.360. The molecule has 0 saturated carbocycles. The average molecular weight is 409 g/mol.